The molecule has 0 radical (unpaired) electrons. The average Bonchev–Trinajstić information content (AvgIpc) is 2.82. The molecule has 168 valence electrons. The lowest BCUT2D eigenvalue weighted by molar-refractivity contribution is -0.121. The number of aromatic hydroxyl groups is 2. The van der Waals surface area contributed by atoms with Gasteiger partial charge in [-0.3, -0.25) is 0 Å². The summed E-state index contributed by atoms with van der Waals surface area (Å²) in [5, 5.41) is 20.1. The second-order valence-corrected chi connectivity index (χ2v) is 8.03. The molecule has 1 aliphatic heterocycles. The van der Waals surface area contributed by atoms with Gasteiger partial charge in [-0.1, -0.05) is 43.3 Å². The first-order valence-corrected chi connectivity index (χ1v) is 10.5. The molecule has 1 heterocycles. The third-order valence-electron chi connectivity index (χ3n) is 6.39. The first-order chi connectivity index (χ1) is 15.4. The van der Waals surface area contributed by atoms with E-state index in [1.807, 2.05) is 30.3 Å². The van der Waals surface area contributed by atoms with Crippen molar-refractivity contribution in [3.05, 3.63) is 77.4 Å². The highest BCUT2D eigenvalue weighted by molar-refractivity contribution is 5.56. The first-order valence-electron chi connectivity index (χ1n) is 10.5. The summed E-state index contributed by atoms with van der Waals surface area (Å²) < 4.78 is 24.0. The van der Waals surface area contributed by atoms with E-state index in [-0.39, 0.29) is 17.4 Å². The Hall–Kier alpha value is -3.38. The molecular weight excluding hydrogens is 408 g/mol. The van der Waals surface area contributed by atoms with Gasteiger partial charge in [0.25, 0.3) is 0 Å². The molecule has 1 aliphatic rings. The summed E-state index contributed by atoms with van der Waals surface area (Å²) in [6.07, 6.45) is -0.00888. The Morgan fingerprint density at radius 3 is 2.28 bits per heavy atom. The molecule has 6 heteroatoms. The van der Waals surface area contributed by atoms with Crippen LogP contribution in [-0.4, -0.2) is 37.1 Å². The molecule has 4 rings (SSSR count). The summed E-state index contributed by atoms with van der Waals surface area (Å²) in [5.41, 5.74) is 1.86. The lowest BCUT2D eigenvalue weighted by Gasteiger charge is -2.48. The summed E-state index contributed by atoms with van der Waals surface area (Å²) in [6.45, 7) is 2.09. The average molecular weight is 437 g/mol. The molecule has 2 N–H and O–H groups in total. The summed E-state index contributed by atoms with van der Waals surface area (Å²) in [4.78, 5) is 0. The van der Waals surface area contributed by atoms with Crippen LogP contribution >= 0.6 is 0 Å². The maximum absolute atomic E-state index is 10.2. The first kappa shape index (κ1) is 21.8. The number of benzene rings is 3. The Balaban J connectivity index is 1.93. The second kappa shape index (κ2) is 8.63. The fourth-order valence-corrected chi connectivity index (χ4v) is 4.66. The van der Waals surface area contributed by atoms with E-state index in [0.29, 0.717) is 29.2 Å². The topological polar surface area (TPSA) is 77.4 Å². The second-order valence-electron chi connectivity index (χ2n) is 8.03. The number of phenols is 2. The molecule has 0 bridgehead atoms. The normalized spacial score (nSPS) is 22.0. The van der Waals surface area contributed by atoms with E-state index < -0.39 is 11.7 Å². The van der Waals surface area contributed by atoms with Crippen molar-refractivity contribution in [2.45, 2.75) is 31.0 Å². The van der Waals surface area contributed by atoms with Gasteiger partial charge in [-0.15, -0.1) is 0 Å². The van der Waals surface area contributed by atoms with Crippen LogP contribution in [0.25, 0.3) is 0 Å². The Morgan fingerprint density at radius 2 is 1.66 bits per heavy atom. The van der Waals surface area contributed by atoms with E-state index in [2.05, 4.69) is 19.1 Å². The van der Waals surface area contributed by atoms with E-state index in [0.717, 1.165) is 11.1 Å². The third kappa shape index (κ3) is 3.60. The van der Waals surface area contributed by atoms with Gasteiger partial charge in [-0.2, -0.15) is 0 Å². The molecule has 0 aromatic heterocycles. The number of phenolic OH excluding ortho intramolecular Hbond substituents is 2. The van der Waals surface area contributed by atoms with Crippen LogP contribution < -0.4 is 14.2 Å². The van der Waals surface area contributed by atoms with Crippen LogP contribution in [0.15, 0.2) is 60.7 Å². The molecular formula is C26H28O6. The van der Waals surface area contributed by atoms with Gasteiger partial charge < -0.3 is 29.2 Å². The third-order valence-corrected chi connectivity index (χ3v) is 6.39. The minimum absolute atomic E-state index is 0.141. The number of hydrogen-bond donors (Lipinski definition) is 2. The van der Waals surface area contributed by atoms with Crippen molar-refractivity contribution in [2.24, 2.45) is 0 Å². The van der Waals surface area contributed by atoms with Crippen molar-refractivity contribution >= 4 is 0 Å². The summed E-state index contributed by atoms with van der Waals surface area (Å²) in [7, 11) is 4.90. The number of rotatable bonds is 6. The zero-order chi connectivity index (χ0) is 22.9. The van der Waals surface area contributed by atoms with Crippen LogP contribution in [0.4, 0.5) is 0 Å². The fourth-order valence-electron chi connectivity index (χ4n) is 4.66. The molecule has 0 aliphatic carbocycles. The minimum atomic E-state index is -0.820. The van der Waals surface area contributed by atoms with E-state index in [4.69, 9.17) is 18.9 Å². The van der Waals surface area contributed by atoms with Crippen LogP contribution in [0, 0.1) is 0 Å². The Bertz CT molecular complexity index is 1100. The van der Waals surface area contributed by atoms with E-state index in [1.165, 1.54) is 12.1 Å². The van der Waals surface area contributed by atoms with Gasteiger partial charge in [-0.05, 0) is 23.3 Å². The molecule has 1 unspecified atom stereocenters. The van der Waals surface area contributed by atoms with Gasteiger partial charge in [-0.25, -0.2) is 0 Å². The van der Waals surface area contributed by atoms with E-state index >= 15 is 0 Å². The van der Waals surface area contributed by atoms with Crippen molar-refractivity contribution in [2.75, 3.05) is 21.3 Å². The quantitative estimate of drug-likeness (QED) is 0.531. The van der Waals surface area contributed by atoms with Gasteiger partial charge in [0.1, 0.15) is 22.8 Å². The predicted octanol–water partition coefficient (Wildman–Crippen LogP) is 4.98. The Labute approximate surface area is 188 Å². The standard InChI is InChI=1S/C26H28O6/c1-16-24-22(30-3)13-19(29-2)14-23(24)32-25(18-10-11-20(27)21(28)12-18)26(16,31-4)15-17-8-6-5-7-9-17/h5-14,16,25,27-28H,15H2,1-4H3/t16?,25-,26+/m1/s1. The van der Waals surface area contributed by atoms with Gasteiger partial charge in [0.15, 0.2) is 17.6 Å². The molecule has 32 heavy (non-hydrogen) atoms. The summed E-state index contributed by atoms with van der Waals surface area (Å²) in [6, 6.07) is 18.5. The van der Waals surface area contributed by atoms with Crippen molar-refractivity contribution in [1.29, 1.82) is 0 Å². The molecule has 0 saturated heterocycles. The zero-order valence-corrected chi connectivity index (χ0v) is 18.7. The van der Waals surface area contributed by atoms with Crippen molar-refractivity contribution < 1.29 is 29.2 Å². The molecule has 3 aromatic carbocycles. The largest absolute Gasteiger partial charge is 0.504 e. The Kier molecular flexibility index (Phi) is 5.89. The van der Waals surface area contributed by atoms with Gasteiger partial charge in [0.05, 0.1) is 14.2 Å². The van der Waals surface area contributed by atoms with Crippen LogP contribution in [-0.2, 0) is 11.2 Å². The molecule has 0 amide bonds. The zero-order valence-electron chi connectivity index (χ0n) is 18.7. The highest BCUT2D eigenvalue weighted by atomic mass is 16.6. The minimum Gasteiger partial charge on any atom is -0.504 e. The monoisotopic (exact) mass is 436 g/mol. The molecule has 3 atom stereocenters. The molecule has 0 spiro atoms. The summed E-state index contributed by atoms with van der Waals surface area (Å²) >= 11 is 0. The van der Waals surface area contributed by atoms with Crippen LogP contribution in [0.5, 0.6) is 28.7 Å². The Morgan fingerprint density at radius 1 is 0.906 bits per heavy atom. The fraction of sp³-hybridized carbons (Fsp3) is 0.308. The number of hydrogen-bond acceptors (Lipinski definition) is 6. The maximum atomic E-state index is 10.2. The maximum Gasteiger partial charge on any atom is 0.157 e. The van der Waals surface area contributed by atoms with Gasteiger partial charge in [0.2, 0.25) is 0 Å². The highest BCUT2D eigenvalue weighted by Crippen LogP contribution is 2.55. The van der Waals surface area contributed by atoms with Gasteiger partial charge >= 0.3 is 0 Å². The highest BCUT2D eigenvalue weighted by Gasteiger charge is 2.52. The molecule has 3 aromatic rings. The summed E-state index contributed by atoms with van der Waals surface area (Å²) in [5.74, 6) is 1.37. The molecule has 0 fully saturated rings. The molecule has 0 saturated carbocycles. The lowest BCUT2D eigenvalue weighted by atomic mass is 9.71. The van der Waals surface area contributed by atoms with E-state index in [9.17, 15) is 10.2 Å². The smallest absolute Gasteiger partial charge is 0.157 e. The van der Waals surface area contributed by atoms with Gasteiger partial charge in [0, 0.05) is 37.1 Å². The van der Waals surface area contributed by atoms with Crippen LogP contribution in [0.3, 0.4) is 0 Å². The SMILES string of the molecule is COc1cc(OC)c2c(c1)O[C@H](c1ccc(O)c(O)c1)[C@@](Cc1ccccc1)(OC)C2C. The number of ether oxygens (including phenoxy) is 4. The van der Waals surface area contributed by atoms with Crippen molar-refractivity contribution in [1.82, 2.24) is 0 Å². The van der Waals surface area contributed by atoms with Crippen molar-refractivity contribution in [3.8, 4) is 28.7 Å². The van der Waals surface area contributed by atoms with Crippen LogP contribution in [0.1, 0.15) is 35.6 Å². The number of methoxy groups -OCH3 is 3. The molecule has 6 nitrogen and oxygen atoms in total. The van der Waals surface area contributed by atoms with Crippen molar-refractivity contribution in [3.63, 3.8) is 0 Å². The predicted molar refractivity (Wildman–Crippen MR) is 121 cm³/mol. The van der Waals surface area contributed by atoms with E-state index in [1.54, 1.807) is 27.4 Å². The van der Waals surface area contributed by atoms with Crippen LogP contribution in [0.2, 0.25) is 0 Å². The number of fused-ring (bicyclic) bond motifs is 1. The lowest BCUT2D eigenvalue weighted by Crippen LogP contribution is -2.50.